The zero-order chi connectivity index (χ0) is 15.5. The third-order valence-electron chi connectivity index (χ3n) is 4.84. The molecule has 4 heteroatoms. The highest BCUT2D eigenvalue weighted by atomic mass is 16.2. The molecule has 3 heterocycles. The molecule has 2 fully saturated rings. The molecule has 0 atom stereocenters. The summed E-state index contributed by atoms with van der Waals surface area (Å²) in [5.41, 5.74) is 2.92. The first-order chi connectivity index (χ1) is 10.7. The van der Waals surface area contributed by atoms with Crippen molar-refractivity contribution in [2.24, 2.45) is 0 Å². The van der Waals surface area contributed by atoms with E-state index in [9.17, 15) is 4.79 Å². The van der Waals surface area contributed by atoms with Crippen LogP contribution in [0, 0.1) is 13.8 Å². The van der Waals surface area contributed by atoms with Gasteiger partial charge in [0.25, 0.3) is 5.91 Å². The first-order valence-corrected chi connectivity index (χ1v) is 8.69. The van der Waals surface area contributed by atoms with Crippen LogP contribution in [0.3, 0.4) is 0 Å². The van der Waals surface area contributed by atoms with Crippen LogP contribution in [-0.4, -0.2) is 42.0 Å². The van der Waals surface area contributed by atoms with Gasteiger partial charge in [-0.15, -0.1) is 0 Å². The number of amides is 1. The predicted octanol–water partition coefficient (Wildman–Crippen LogP) is 3.31. The summed E-state index contributed by atoms with van der Waals surface area (Å²) in [6, 6.07) is 2.05. The number of likely N-dealkylation sites (tertiary alicyclic amines) is 1. The van der Waals surface area contributed by atoms with Gasteiger partial charge in [0.15, 0.2) is 0 Å². The third kappa shape index (κ3) is 3.11. The summed E-state index contributed by atoms with van der Waals surface area (Å²) in [5.74, 6) is 1.11. The van der Waals surface area contributed by atoms with Crippen molar-refractivity contribution in [2.45, 2.75) is 52.4 Å². The molecule has 0 aromatic carbocycles. The van der Waals surface area contributed by atoms with E-state index in [1.807, 2.05) is 17.9 Å². The van der Waals surface area contributed by atoms with Crippen LogP contribution in [-0.2, 0) is 0 Å². The SMILES string of the molecule is Cc1cc(C)c(C(=O)N2CCCCC2)c(N2CCCCC2)n1. The average molecular weight is 301 g/mol. The molecule has 2 aliphatic heterocycles. The van der Waals surface area contributed by atoms with Gasteiger partial charge in [0.2, 0.25) is 0 Å². The van der Waals surface area contributed by atoms with Gasteiger partial charge in [0, 0.05) is 31.9 Å². The number of carbonyl (C=O) groups is 1. The van der Waals surface area contributed by atoms with E-state index in [2.05, 4.69) is 11.8 Å². The lowest BCUT2D eigenvalue weighted by atomic mass is 10.0. The highest BCUT2D eigenvalue weighted by molar-refractivity contribution is 6.00. The molecule has 2 aliphatic rings. The number of hydrogen-bond acceptors (Lipinski definition) is 3. The largest absolute Gasteiger partial charge is 0.356 e. The Bertz CT molecular complexity index is 544. The number of rotatable bonds is 2. The molecule has 22 heavy (non-hydrogen) atoms. The van der Waals surface area contributed by atoms with Crippen LogP contribution < -0.4 is 4.90 Å². The Morgan fingerprint density at radius 2 is 1.55 bits per heavy atom. The number of pyridine rings is 1. The van der Waals surface area contributed by atoms with Crippen molar-refractivity contribution >= 4 is 11.7 Å². The van der Waals surface area contributed by atoms with Gasteiger partial charge in [-0.2, -0.15) is 0 Å². The Labute approximate surface area is 133 Å². The lowest BCUT2D eigenvalue weighted by Gasteiger charge is -2.32. The number of aromatic nitrogens is 1. The maximum atomic E-state index is 13.1. The predicted molar refractivity (Wildman–Crippen MR) is 89.5 cm³/mol. The van der Waals surface area contributed by atoms with Crippen molar-refractivity contribution in [2.75, 3.05) is 31.1 Å². The lowest BCUT2D eigenvalue weighted by molar-refractivity contribution is 0.0723. The van der Waals surface area contributed by atoms with Crippen molar-refractivity contribution in [3.05, 3.63) is 22.9 Å². The van der Waals surface area contributed by atoms with E-state index < -0.39 is 0 Å². The molecule has 0 N–H and O–H groups in total. The fraction of sp³-hybridized carbons (Fsp3) is 0.667. The van der Waals surface area contributed by atoms with Crippen LogP contribution in [0.2, 0.25) is 0 Å². The fourth-order valence-electron chi connectivity index (χ4n) is 3.67. The monoisotopic (exact) mass is 301 g/mol. The molecular weight excluding hydrogens is 274 g/mol. The molecular formula is C18H27N3O. The van der Waals surface area contributed by atoms with Crippen LogP contribution in [0.1, 0.15) is 60.1 Å². The van der Waals surface area contributed by atoms with Crippen molar-refractivity contribution < 1.29 is 4.79 Å². The molecule has 1 aromatic heterocycles. The Balaban J connectivity index is 1.95. The van der Waals surface area contributed by atoms with E-state index >= 15 is 0 Å². The van der Waals surface area contributed by atoms with E-state index in [4.69, 9.17) is 4.98 Å². The first kappa shape index (κ1) is 15.3. The van der Waals surface area contributed by atoms with Crippen LogP contribution in [0.15, 0.2) is 6.07 Å². The van der Waals surface area contributed by atoms with Crippen LogP contribution in [0.25, 0.3) is 0 Å². The number of hydrogen-bond donors (Lipinski definition) is 0. The number of aryl methyl sites for hydroxylation is 2. The van der Waals surface area contributed by atoms with Gasteiger partial charge >= 0.3 is 0 Å². The highest BCUT2D eigenvalue weighted by Crippen LogP contribution is 2.27. The van der Waals surface area contributed by atoms with Crippen molar-refractivity contribution in [1.82, 2.24) is 9.88 Å². The summed E-state index contributed by atoms with van der Waals surface area (Å²) in [4.78, 5) is 22.2. The molecule has 0 aliphatic carbocycles. The maximum absolute atomic E-state index is 13.1. The quantitative estimate of drug-likeness (QED) is 0.841. The molecule has 0 spiro atoms. The second-order valence-electron chi connectivity index (χ2n) is 6.68. The summed E-state index contributed by atoms with van der Waals surface area (Å²) in [6.07, 6.45) is 7.19. The lowest BCUT2D eigenvalue weighted by Crippen LogP contribution is -2.38. The third-order valence-corrected chi connectivity index (χ3v) is 4.84. The molecule has 0 unspecified atom stereocenters. The Kier molecular flexibility index (Phi) is 4.65. The second-order valence-corrected chi connectivity index (χ2v) is 6.68. The number of nitrogens with zero attached hydrogens (tertiary/aromatic N) is 3. The Morgan fingerprint density at radius 1 is 0.955 bits per heavy atom. The summed E-state index contributed by atoms with van der Waals surface area (Å²) >= 11 is 0. The Morgan fingerprint density at radius 3 is 2.18 bits per heavy atom. The van der Waals surface area contributed by atoms with Gasteiger partial charge < -0.3 is 9.80 Å². The maximum Gasteiger partial charge on any atom is 0.257 e. The fourth-order valence-corrected chi connectivity index (χ4v) is 3.67. The van der Waals surface area contributed by atoms with Gasteiger partial charge in [-0.1, -0.05) is 0 Å². The van der Waals surface area contributed by atoms with E-state index in [1.165, 1.54) is 25.7 Å². The van der Waals surface area contributed by atoms with Gasteiger partial charge in [0.1, 0.15) is 5.82 Å². The minimum atomic E-state index is 0.185. The van der Waals surface area contributed by atoms with Crippen molar-refractivity contribution in [1.29, 1.82) is 0 Å². The van der Waals surface area contributed by atoms with Crippen LogP contribution in [0.5, 0.6) is 0 Å². The molecule has 2 saturated heterocycles. The minimum Gasteiger partial charge on any atom is -0.356 e. The van der Waals surface area contributed by atoms with E-state index in [-0.39, 0.29) is 5.91 Å². The first-order valence-electron chi connectivity index (χ1n) is 8.69. The number of carbonyl (C=O) groups excluding carboxylic acids is 1. The molecule has 0 bridgehead atoms. The summed E-state index contributed by atoms with van der Waals surface area (Å²) < 4.78 is 0. The molecule has 1 amide bonds. The zero-order valence-corrected chi connectivity index (χ0v) is 13.9. The van der Waals surface area contributed by atoms with Gasteiger partial charge in [0.05, 0.1) is 5.56 Å². The van der Waals surface area contributed by atoms with Crippen molar-refractivity contribution in [3.63, 3.8) is 0 Å². The Hall–Kier alpha value is -1.58. The molecule has 0 radical (unpaired) electrons. The summed E-state index contributed by atoms with van der Waals surface area (Å²) in [6.45, 7) is 7.92. The molecule has 4 nitrogen and oxygen atoms in total. The van der Waals surface area contributed by atoms with Crippen LogP contribution >= 0.6 is 0 Å². The van der Waals surface area contributed by atoms with Gasteiger partial charge in [-0.05, 0) is 64.0 Å². The average Bonchev–Trinajstić information content (AvgIpc) is 2.55. The molecule has 1 aromatic rings. The van der Waals surface area contributed by atoms with E-state index in [1.54, 1.807) is 0 Å². The second kappa shape index (κ2) is 6.67. The summed E-state index contributed by atoms with van der Waals surface area (Å²) in [7, 11) is 0. The number of piperidine rings is 2. The van der Waals surface area contributed by atoms with Crippen molar-refractivity contribution in [3.8, 4) is 0 Å². The van der Waals surface area contributed by atoms with E-state index in [0.29, 0.717) is 0 Å². The van der Waals surface area contributed by atoms with E-state index in [0.717, 1.165) is 61.7 Å². The topological polar surface area (TPSA) is 36.4 Å². The van der Waals surface area contributed by atoms with Gasteiger partial charge in [-0.3, -0.25) is 4.79 Å². The highest BCUT2D eigenvalue weighted by Gasteiger charge is 2.26. The standard InChI is InChI=1S/C18H27N3O/c1-14-13-15(2)19-17(20-9-5-3-6-10-20)16(14)18(22)21-11-7-4-8-12-21/h13H,3-12H2,1-2H3. The molecule has 0 saturated carbocycles. The minimum absolute atomic E-state index is 0.185. The summed E-state index contributed by atoms with van der Waals surface area (Å²) in [5, 5.41) is 0. The van der Waals surface area contributed by atoms with Crippen LogP contribution in [0.4, 0.5) is 5.82 Å². The smallest absolute Gasteiger partial charge is 0.257 e. The van der Waals surface area contributed by atoms with Gasteiger partial charge in [-0.25, -0.2) is 4.98 Å². The number of anilines is 1. The molecule has 3 rings (SSSR count). The molecule has 120 valence electrons. The zero-order valence-electron chi connectivity index (χ0n) is 13.9. The normalized spacial score (nSPS) is 19.4.